The predicted molar refractivity (Wildman–Crippen MR) is 97.8 cm³/mol. The van der Waals surface area contributed by atoms with Crippen molar-refractivity contribution < 1.29 is 9.21 Å². The van der Waals surface area contributed by atoms with Gasteiger partial charge in [0, 0.05) is 5.03 Å². The van der Waals surface area contributed by atoms with Crippen LogP contribution in [0.3, 0.4) is 0 Å². The van der Waals surface area contributed by atoms with Gasteiger partial charge in [-0.15, -0.1) is 0 Å². The van der Waals surface area contributed by atoms with Crippen LogP contribution < -0.4 is 0 Å². The van der Waals surface area contributed by atoms with Crippen LogP contribution in [0, 0.1) is 0 Å². The average Bonchev–Trinajstić information content (AvgIpc) is 3.13. The molecule has 6 heteroatoms. The molecule has 2 heterocycles. The first-order valence-corrected chi connectivity index (χ1v) is 8.44. The molecule has 1 aromatic carbocycles. The minimum Gasteiger partial charge on any atom is -0.467 e. The van der Waals surface area contributed by atoms with Crippen molar-refractivity contribution in [1.29, 1.82) is 0 Å². The molecule has 1 amide bonds. The number of thiocarbonyl (C=S) groups is 1. The number of amides is 1. The summed E-state index contributed by atoms with van der Waals surface area (Å²) in [6.07, 6.45) is 5.03. The first kappa shape index (κ1) is 16.1. The fourth-order valence-electron chi connectivity index (χ4n) is 2.07. The number of carbonyl (C=O) groups is 1. The number of halogens is 1. The summed E-state index contributed by atoms with van der Waals surface area (Å²) in [5.74, 6) is 0.532. The number of benzene rings is 1. The molecular weight excluding hydrogens is 350 g/mol. The Balaban J connectivity index is 1.77. The molecule has 3 rings (SSSR count). The molecule has 0 atom stereocenters. The Hall–Kier alpha value is -1.82. The summed E-state index contributed by atoms with van der Waals surface area (Å²) >= 11 is 12.8. The molecule has 2 aromatic rings. The van der Waals surface area contributed by atoms with Gasteiger partial charge in [0.25, 0.3) is 5.91 Å². The van der Waals surface area contributed by atoms with Gasteiger partial charge in [-0.1, -0.05) is 65.9 Å². The second-order valence-corrected chi connectivity index (χ2v) is 6.90. The third-order valence-corrected chi connectivity index (χ3v) is 4.74. The van der Waals surface area contributed by atoms with E-state index in [4.69, 9.17) is 28.2 Å². The minimum atomic E-state index is -0.156. The van der Waals surface area contributed by atoms with E-state index in [-0.39, 0.29) is 5.91 Å². The van der Waals surface area contributed by atoms with Crippen molar-refractivity contribution in [3.05, 3.63) is 76.1 Å². The van der Waals surface area contributed by atoms with Gasteiger partial charge in [-0.05, 0) is 29.8 Å². The SMILES string of the molecule is O=C1C(=CC(Cl)=Cc2ccccc2)SC(=S)N1Cc1ccco1. The second-order valence-electron chi connectivity index (χ2n) is 4.79. The highest BCUT2D eigenvalue weighted by atomic mass is 35.5. The topological polar surface area (TPSA) is 33.5 Å². The molecule has 0 bridgehead atoms. The van der Waals surface area contributed by atoms with Crippen LogP contribution in [-0.4, -0.2) is 15.1 Å². The van der Waals surface area contributed by atoms with E-state index in [0.29, 0.717) is 26.6 Å². The monoisotopic (exact) mass is 361 g/mol. The fraction of sp³-hybridized carbons (Fsp3) is 0.0588. The van der Waals surface area contributed by atoms with E-state index in [0.717, 1.165) is 5.56 Å². The van der Waals surface area contributed by atoms with Crippen molar-refractivity contribution in [1.82, 2.24) is 4.90 Å². The Kier molecular flexibility index (Phi) is 5.00. The van der Waals surface area contributed by atoms with Crippen LogP contribution in [0.4, 0.5) is 0 Å². The number of hydrogen-bond acceptors (Lipinski definition) is 4. The van der Waals surface area contributed by atoms with Crippen molar-refractivity contribution in [2.24, 2.45) is 0 Å². The quantitative estimate of drug-likeness (QED) is 0.578. The molecule has 1 aromatic heterocycles. The zero-order valence-corrected chi connectivity index (χ0v) is 14.3. The number of carbonyl (C=O) groups excluding carboxylic acids is 1. The zero-order chi connectivity index (χ0) is 16.2. The van der Waals surface area contributed by atoms with E-state index >= 15 is 0 Å². The lowest BCUT2D eigenvalue weighted by Gasteiger charge is -2.11. The average molecular weight is 362 g/mol. The van der Waals surface area contributed by atoms with Crippen molar-refractivity contribution in [3.63, 3.8) is 0 Å². The van der Waals surface area contributed by atoms with E-state index in [1.807, 2.05) is 36.4 Å². The lowest BCUT2D eigenvalue weighted by Crippen LogP contribution is -2.27. The molecule has 116 valence electrons. The van der Waals surface area contributed by atoms with Gasteiger partial charge in [0.2, 0.25) is 0 Å². The molecule has 0 spiro atoms. The number of nitrogens with zero attached hydrogens (tertiary/aromatic N) is 1. The number of furan rings is 1. The summed E-state index contributed by atoms with van der Waals surface area (Å²) in [7, 11) is 0. The number of hydrogen-bond donors (Lipinski definition) is 0. The molecule has 0 N–H and O–H groups in total. The third-order valence-electron chi connectivity index (χ3n) is 3.14. The van der Waals surface area contributed by atoms with E-state index in [9.17, 15) is 4.79 Å². The van der Waals surface area contributed by atoms with E-state index in [1.54, 1.807) is 24.5 Å². The Morgan fingerprint density at radius 3 is 2.74 bits per heavy atom. The molecule has 23 heavy (non-hydrogen) atoms. The molecule has 0 radical (unpaired) electrons. The van der Waals surface area contributed by atoms with Crippen LogP contribution in [0.5, 0.6) is 0 Å². The van der Waals surface area contributed by atoms with E-state index in [1.165, 1.54) is 16.7 Å². The molecule has 0 unspecified atom stereocenters. The summed E-state index contributed by atoms with van der Waals surface area (Å²) < 4.78 is 5.77. The molecule has 1 aliphatic rings. The maximum Gasteiger partial charge on any atom is 0.266 e. The molecular formula is C17H12ClNO2S2. The van der Waals surface area contributed by atoms with Gasteiger partial charge in [-0.25, -0.2) is 0 Å². The van der Waals surface area contributed by atoms with Gasteiger partial charge in [0.1, 0.15) is 10.1 Å². The number of allylic oxidation sites excluding steroid dienone is 2. The van der Waals surface area contributed by atoms with Gasteiger partial charge in [0.05, 0.1) is 17.7 Å². The van der Waals surface area contributed by atoms with Crippen molar-refractivity contribution >= 4 is 51.9 Å². The minimum absolute atomic E-state index is 0.156. The largest absolute Gasteiger partial charge is 0.467 e. The second kappa shape index (κ2) is 7.17. The molecule has 0 aliphatic carbocycles. The van der Waals surface area contributed by atoms with E-state index < -0.39 is 0 Å². The lowest BCUT2D eigenvalue weighted by atomic mass is 10.2. The highest BCUT2D eigenvalue weighted by Crippen LogP contribution is 2.33. The summed E-state index contributed by atoms with van der Waals surface area (Å²) in [5, 5.41) is 0.481. The molecule has 1 fully saturated rings. The van der Waals surface area contributed by atoms with E-state index in [2.05, 4.69) is 0 Å². The maximum absolute atomic E-state index is 12.5. The Morgan fingerprint density at radius 2 is 2.04 bits per heavy atom. The molecule has 3 nitrogen and oxygen atoms in total. The van der Waals surface area contributed by atoms with Crippen LogP contribution in [-0.2, 0) is 11.3 Å². The zero-order valence-electron chi connectivity index (χ0n) is 11.9. The smallest absolute Gasteiger partial charge is 0.266 e. The molecule has 1 saturated heterocycles. The summed E-state index contributed by atoms with van der Waals surface area (Å²) in [6.45, 7) is 0.328. The third kappa shape index (κ3) is 3.93. The first-order valence-electron chi connectivity index (χ1n) is 6.83. The Bertz CT molecular complexity index is 782. The Labute approximate surface area is 148 Å². The lowest BCUT2D eigenvalue weighted by molar-refractivity contribution is -0.122. The first-order chi connectivity index (χ1) is 11.1. The standard InChI is InChI=1S/C17H12ClNO2S2/c18-13(9-12-5-2-1-3-6-12)10-15-16(20)19(17(22)23-15)11-14-7-4-8-21-14/h1-10H,11H2. The number of rotatable bonds is 4. The summed E-state index contributed by atoms with van der Waals surface area (Å²) in [5.41, 5.74) is 0.972. The molecule has 1 aliphatic heterocycles. The van der Waals surface area contributed by atoms with Gasteiger partial charge in [-0.3, -0.25) is 9.69 Å². The fourth-order valence-corrected chi connectivity index (χ4v) is 3.62. The maximum atomic E-state index is 12.5. The Morgan fingerprint density at radius 1 is 1.26 bits per heavy atom. The van der Waals surface area contributed by atoms with Crippen molar-refractivity contribution in [2.75, 3.05) is 0 Å². The predicted octanol–water partition coefficient (Wildman–Crippen LogP) is 4.80. The summed E-state index contributed by atoms with van der Waals surface area (Å²) in [6, 6.07) is 13.3. The molecule has 0 saturated carbocycles. The van der Waals surface area contributed by atoms with Crippen LogP contribution >= 0.6 is 35.6 Å². The van der Waals surface area contributed by atoms with Crippen molar-refractivity contribution in [3.8, 4) is 0 Å². The number of thioether (sulfide) groups is 1. The van der Waals surface area contributed by atoms with Gasteiger partial charge < -0.3 is 4.42 Å². The van der Waals surface area contributed by atoms with Crippen LogP contribution in [0.2, 0.25) is 0 Å². The highest BCUT2D eigenvalue weighted by Gasteiger charge is 2.32. The highest BCUT2D eigenvalue weighted by molar-refractivity contribution is 8.26. The van der Waals surface area contributed by atoms with Crippen LogP contribution in [0.25, 0.3) is 6.08 Å². The van der Waals surface area contributed by atoms with Gasteiger partial charge in [-0.2, -0.15) is 0 Å². The van der Waals surface area contributed by atoms with Gasteiger partial charge in [0.15, 0.2) is 0 Å². The summed E-state index contributed by atoms with van der Waals surface area (Å²) in [4.78, 5) is 14.5. The van der Waals surface area contributed by atoms with Crippen LogP contribution in [0.15, 0.2) is 69.2 Å². The van der Waals surface area contributed by atoms with Crippen LogP contribution in [0.1, 0.15) is 11.3 Å². The van der Waals surface area contributed by atoms with Crippen molar-refractivity contribution in [2.45, 2.75) is 6.54 Å². The van der Waals surface area contributed by atoms with Gasteiger partial charge >= 0.3 is 0 Å². The normalized spacial score (nSPS) is 17.3.